The van der Waals surface area contributed by atoms with E-state index in [-0.39, 0.29) is 17.4 Å². The third-order valence-corrected chi connectivity index (χ3v) is 7.03. The number of aryl methyl sites for hydroxylation is 1. The Balaban J connectivity index is 1.57. The first-order valence-corrected chi connectivity index (χ1v) is 12.1. The van der Waals surface area contributed by atoms with Crippen LogP contribution in [0.15, 0.2) is 47.4 Å². The predicted octanol–water partition coefficient (Wildman–Crippen LogP) is 3.36. The third kappa shape index (κ3) is 5.86. The van der Waals surface area contributed by atoms with Crippen molar-refractivity contribution in [2.24, 2.45) is 0 Å². The summed E-state index contributed by atoms with van der Waals surface area (Å²) in [6, 6.07) is 11.0. The Morgan fingerprint density at radius 2 is 1.72 bits per heavy atom. The van der Waals surface area contributed by atoms with E-state index in [9.17, 15) is 18.0 Å². The molecule has 3 rings (SSSR count). The lowest BCUT2D eigenvalue weighted by molar-refractivity contribution is -0.118. The number of piperidine rings is 1. The van der Waals surface area contributed by atoms with Gasteiger partial charge in [-0.25, -0.2) is 13.2 Å². The SMILES string of the molecule is CCOC(=O)c1ccc(NC(=O)COc2ccc(S(=O)(=O)N3CCCCC3)cc2C)cc1. The van der Waals surface area contributed by atoms with Crippen LogP contribution in [-0.4, -0.2) is 50.9 Å². The molecule has 1 saturated heterocycles. The first-order valence-electron chi connectivity index (χ1n) is 10.6. The summed E-state index contributed by atoms with van der Waals surface area (Å²) >= 11 is 0. The van der Waals surface area contributed by atoms with Crippen molar-refractivity contribution in [1.82, 2.24) is 4.31 Å². The van der Waals surface area contributed by atoms with Gasteiger partial charge in [0.25, 0.3) is 5.91 Å². The van der Waals surface area contributed by atoms with Crippen molar-refractivity contribution in [1.29, 1.82) is 0 Å². The molecule has 2 aromatic rings. The highest BCUT2D eigenvalue weighted by molar-refractivity contribution is 7.89. The second-order valence-corrected chi connectivity index (χ2v) is 9.46. The molecule has 0 aliphatic carbocycles. The van der Waals surface area contributed by atoms with E-state index in [1.54, 1.807) is 50.2 Å². The lowest BCUT2D eigenvalue weighted by atomic mass is 10.2. The van der Waals surface area contributed by atoms with Gasteiger partial charge in [0.1, 0.15) is 5.75 Å². The molecule has 0 spiro atoms. The fraction of sp³-hybridized carbons (Fsp3) is 0.391. The van der Waals surface area contributed by atoms with Gasteiger partial charge in [0, 0.05) is 18.8 Å². The molecule has 0 radical (unpaired) electrons. The molecule has 8 nitrogen and oxygen atoms in total. The Labute approximate surface area is 188 Å². The zero-order chi connectivity index (χ0) is 23.1. The van der Waals surface area contributed by atoms with Crippen LogP contribution in [0.25, 0.3) is 0 Å². The maximum absolute atomic E-state index is 12.8. The topological polar surface area (TPSA) is 102 Å². The number of nitrogens with zero attached hydrogens (tertiary/aromatic N) is 1. The van der Waals surface area contributed by atoms with E-state index in [1.807, 2.05) is 0 Å². The van der Waals surface area contributed by atoms with Gasteiger partial charge in [-0.05, 0) is 74.7 Å². The van der Waals surface area contributed by atoms with Crippen LogP contribution in [0.2, 0.25) is 0 Å². The van der Waals surface area contributed by atoms with Crippen molar-refractivity contribution in [3.63, 3.8) is 0 Å². The lowest BCUT2D eigenvalue weighted by Crippen LogP contribution is -2.35. The predicted molar refractivity (Wildman–Crippen MR) is 120 cm³/mol. The van der Waals surface area contributed by atoms with E-state index in [4.69, 9.17) is 9.47 Å². The van der Waals surface area contributed by atoms with Gasteiger partial charge in [-0.1, -0.05) is 6.42 Å². The molecule has 2 aromatic carbocycles. The quantitative estimate of drug-likeness (QED) is 0.606. The number of anilines is 1. The number of hydrogen-bond donors (Lipinski definition) is 1. The third-order valence-electron chi connectivity index (χ3n) is 5.14. The number of carbonyl (C=O) groups is 2. The summed E-state index contributed by atoms with van der Waals surface area (Å²) in [5.41, 5.74) is 1.55. The van der Waals surface area contributed by atoms with Crippen LogP contribution in [0.3, 0.4) is 0 Å². The zero-order valence-electron chi connectivity index (χ0n) is 18.3. The summed E-state index contributed by atoms with van der Waals surface area (Å²) in [6.45, 7) is 4.62. The Hall–Kier alpha value is -2.91. The summed E-state index contributed by atoms with van der Waals surface area (Å²) in [4.78, 5) is 24.1. The summed E-state index contributed by atoms with van der Waals surface area (Å²) in [5.74, 6) is -0.358. The average molecular weight is 461 g/mol. The molecule has 1 fully saturated rings. The van der Waals surface area contributed by atoms with Gasteiger partial charge in [-0.15, -0.1) is 0 Å². The van der Waals surface area contributed by atoms with E-state index >= 15 is 0 Å². The smallest absolute Gasteiger partial charge is 0.338 e. The highest BCUT2D eigenvalue weighted by Crippen LogP contribution is 2.26. The number of esters is 1. The van der Waals surface area contributed by atoms with Crippen LogP contribution in [0.5, 0.6) is 5.75 Å². The monoisotopic (exact) mass is 460 g/mol. The summed E-state index contributed by atoms with van der Waals surface area (Å²) in [5, 5.41) is 2.69. The maximum Gasteiger partial charge on any atom is 0.338 e. The molecule has 0 bridgehead atoms. The summed E-state index contributed by atoms with van der Waals surface area (Å²) < 4.78 is 37.7. The molecular formula is C23H28N2O6S. The number of rotatable bonds is 8. The number of benzene rings is 2. The van der Waals surface area contributed by atoms with Gasteiger partial charge in [0.15, 0.2) is 6.61 Å². The van der Waals surface area contributed by atoms with Gasteiger partial charge >= 0.3 is 5.97 Å². The van der Waals surface area contributed by atoms with Gasteiger partial charge in [-0.3, -0.25) is 4.79 Å². The van der Waals surface area contributed by atoms with E-state index < -0.39 is 16.0 Å². The molecule has 0 unspecified atom stereocenters. The van der Waals surface area contributed by atoms with Gasteiger partial charge in [0.05, 0.1) is 17.1 Å². The normalized spacial score (nSPS) is 14.6. The van der Waals surface area contributed by atoms with E-state index in [2.05, 4.69) is 5.32 Å². The Bertz CT molecular complexity index is 1060. The molecule has 32 heavy (non-hydrogen) atoms. The Morgan fingerprint density at radius 3 is 2.34 bits per heavy atom. The van der Waals surface area contributed by atoms with E-state index in [1.165, 1.54) is 10.4 Å². The van der Waals surface area contributed by atoms with Crippen molar-refractivity contribution in [2.45, 2.75) is 38.0 Å². The zero-order valence-corrected chi connectivity index (χ0v) is 19.1. The number of nitrogens with one attached hydrogen (secondary N) is 1. The second-order valence-electron chi connectivity index (χ2n) is 7.53. The summed E-state index contributed by atoms with van der Waals surface area (Å²) in [6.07, 6.45) is 2.80. The van der Waals surface area contributed by atoms with Crippen molar-refractivity contribution >= 4 is 27.6 Å². The van der Waals surface area contributed by atoms with Crippen LogP contribution in [0.1, 0.15) is 42.1 Å². The first kappa shape index (κ1) is 23.7. The Morgan fingerprint density at radius 1 is 1.03 bits per heavy atom. The number of hydrogen-bond acceptors (Lipinski definition) is 6. The van der Waals surface area contributed by atoms with Crippen molar-refractivity contribution in [3.8, 4) is 5.75 Å². The van der Waals surface area contributed by atoms with E-state index in [0.29, 0.717) is 42.3 Å². The molecular weight excluding hydrogens is 432 g/mol. The number of carbonyl (C=O) groups excluding carboxylic acids is 2. The molecule has 1 aliphatic rings. The van der Waals surface area contributed by atoms with Gasteiger partial charge in [-0.2, -0.15) is 4.31 Å². The summed E-state index contributed by atoms with van der Waals surface area (Å²) in [7, 11) is -3.52. The number of ether oxygens (including phenoxy) is 2. The lowest BCUT2D eigenvalue weighted by Gasteiger charge is -2.26. The minimum Gasteiger partial charge on any atom is -0.483 e. The molecule has 1 N–H and O–H groups in total. The van der Waals surface area contributed by atoms with Crippen LogP contribution >= 0.6 is 0 Å². The van der Waals surface area contributed by atoms with Crippen LogP contribution in [-0.2, 0) is 19.6 Å². The molecule has 1 heterocycles. The first-order chi connectivity index (χ1) is 15.3. The molecule has 0 saturated carbocycles. The molecule has 9 heteroatoms. The molecule has 0 aromatic heterocycles. The minimum absolute atomic E-state index is 0.232. The maximum atomic E-state index is 12.8. The number of sulfonamides is 1. The van der Waals surface area contributed by atoms with Crippen LogP contribution < -0.4 is 10.1 Å². The number of amides is 1. The molecule has 0 atom stereocenters. The molecule has 1 aliphatic heterocycles. The largest absolute Gasteiger partial charge is 0.483 e. The fourth-order valence-corrected chi connectivity index (χ4v) is 5.05. The van der Waals surface area contributed by atoms with Crippen LogP contribution in [0, 0.1) is 6.92 Å². The highest BCUT2D eigenvalue weighted by atomic mass is 32.2. The second kappa shape index (κ2) is 10.6. The van der Waals surface area contributed by atoms with Crippen molar-refractivity contribution in [2.75, 3.05) is 31.6 Å². The fourth-order valence-electron chi connectivity index (χ4n) is 3.44. The molecule has 172 valence electrons. The van der Waals surface area contributed by atoms with E-state index in [0.717, 1.165) is 19.3 Å². The average Bonchev–Trinajstić information content (AvgIpc) is 2.79. The minimum atomic E-state index is -3.52. The van der Waals surface area contributed by atoms with Crippen molar-refractivity contribution < 1.29 is 27.5 Å². The Kier molecular flexibility index (Phi) is 7.87. The molecule has 1 amide bonds. The van der Waals surface area contributed by atoms with Gasteiger partial charge in [0.2, 0.25) is 10.0 Å². The van der Waals surface area contributed by atoms with Crippen molar-refractivity contribution in [3.05, 3.63) is 53.6 Å². The standard InChI is InChI=1S/C23H28N2O6S/c1-3-30-23(27)18-7-9-19(10-8-18)24-22(26)16-31-21-12-11-20(15-17(21)2)32(28,29)25-13-5-4-6-14-25/h7-12,15H,3-6,13-14,16H2,1-2H3,(H,24,26). The highest BCUT2D eigenvalue weighted by Gasteiger charge is 2.26. The van der Waals surface area contributed by atoms with Crippen LogP contribution in [0.4, 0.5) is 5.69 Å². The van der Waals surface area contributed by atoms with Gasteiger partial charge < -0.3 is 14.8 Å².